The highest BCUT2D eigenvalue weighted by Gasteiger charge is 2.31. The van der Waals surface area contributed by atoms with Crippen molar-refractivity contribution in [3.8, 4) is 0 Å². The first-order valence-corrected chi connectivity index (χ1v) is 3.60. The number of aromatic nitrogens is 3. The molecule has 2 heterocycles. The smallest absolute Gasteiger partial charge is 0.137 e. The van der Waals surface area contributed by atoms with E-state index in [-0.39, 0.29) is 31.1 Å². The first-order valence-electron chi connectivity index (χ1n) is 3.60. The molecule has 1 aliphatic rings. The van der Waals surface area contributed by atoms with Gasteiger partial charge in [0.15, 0.2) is 0 Å². The Labute approximate surface area is 76.2 Å². The Balaban J connectivity index is 0.000000720. The molecule has 2 N–H and O–H groups in total. The third-order valence-corrected chi connectivity index (χ3v) is 2.03. The molecule has 0 aromatic carbocycles. The number of hydrogen-bond acceptors (Lipinski definition) is 4. The molecule has 2 rings (SSSR count). The average molecular weight is 191 g/mol. The molecule has 0 unspecified atom stereocenters. The van der Waals surface area contributed by atoms with E-state index in [9.17, 15) is 0 Å². The van der Waals surface area contributed by atoms with Crippen LogP contribution in [0.5, 0.6) is 0 Å². The first kappa shape index (κ1) is 9.44. The fourth-order valence-corrected chi connectivity index (χ4v) is 1.24. The van der Waals surface area contributed by atoms with E-state index in [1.807, 2.05) is 0 Å². The summed E-state index contributed by atoms with van der Waals surface area (Å²) in [6.07, 6.45) is 3.18. The van der Waals surface area contributed by atoms with Gasteiger partial charge in [0.05, 0.1) is 18.7 Å². The van der Waals surface area contributed by atoms with E-state index in [1.165, 1.54) is 6.33 Å². The quantitative estimate of drug-likeness (QED) is 0.642. The second-order valence-electron chi connectivity index (χ2n) is 2.64. The fraction of sp³-hybridized carbons (Fsp3) is 0.667. The van der Waals surface area contributed by atoms with E-state index in [1.54, 1.807) is 11.0 Å². The molecule has 1 fully saturated rings. The van der Waals surface area contributed by atoms with E-state index in [2.05, 4.69) is 15.4 Å². The van der Waals surface area contributed by atoms with Crippen molar-refractivity contribution in [1.29, 1.82) is 0 Å². The van der Waals surface area contributed by atoms with Crippen LogP contribution in [0, 0.1) is 0 Å². The topological polar surface area (TPSA) is 63.0 Å². The van der Waals surface area contributed by atoms with Crippen molar-refractivity contribution < 1.29 is 5.11 Å². The lowest BCUT2D eigenvalue weighted by molar-refractivity contribution is 0.132. The van der Waals surface area contributed by atoms with Gasteiger partial charge in [-0.3, -0.25) is 0 Å². The highest BCUT2D eigenvalue weighted by atomic mass is 35.5. The third-order valence-electron chi connectivity index (χ3n) is 2.03. The van der Waals surface area contributed by atoms with Gasteiger partial charge in [0.2, 0.25) is 0 Å². The lowest BCUT2D eigenvalue weighted by Crippen LogP contribution is -2.55. The molecular weight excluding hydrogens is 180 g/mol. The number of rotatable bonds is 2. The van der Waals surface area contributed by atoms with Crippen LogP contribution in [0.1, 0.15) is 6.04 Å². The van der Waals surface area contributed by atoms with E-state index < -0.39 is 0 Å². The van der Waals surface area contributed by atoms with Crippen molar-refractivity contribution in [3.05, 3.63) is 12.7 Å². The minimum absolute atomic E-state index is 0. The number of aliphatic hydroxyl groups excluding tert-OH is 1. The van der Waals surface area contributed by atoms with E-state index in [0.717, 1.165) is 6.54 Å². The maximum atomic E-state index is 8.83. The zero-order chi connectivity index (χ0) is 7.68. The van der Waals surface area contributed by atoms with Gasteiger partial charge in [-0.1, -0.05) is 0 Å². The summed E-state index contributed by atoms with van der Waals surface area (Å²) in [7, 11) is 0. The summed E-state index contributed by atoms with van der Waals surface area (Å²) in [5.41, 5.74) is 0. The maximum absolute atomic E-state index is 8.83. The molecule has 0 amide bonds. The van der Waals surface area contributed by atoms with Gasteiger partial charge in [-0.15, -0.1) is 12.4 Å². The highest BCUT2D eigenvalue weighted by Crippen LogP contribution is 2.16. The van der Waals surface area contributed by atoms with Crippen LogP contribution < -0.4 is 5.32 Å². The van der Waals surface area contributed by atoms with Crippen LogP contribution in [0.4, 0.5) is 0 Å². The zero-order valence-electron chi connectivity index (χ0n) is 6.42. The molecule has 1 aliphatic heterocycles. The van der Waals surface area contributed by atoms with Crippen molar-refractivity contribution in [2.75, 3.05) is 13.2 Å². The molecule has 1 aromatic heterocycles. The minimum Gasteiger partial charge on any atom is -0.395 e. The number of nitrogens with one attached hydrogen (secondary N) is 1. The highest BCUT2D eigenvalue weighted by molar-refractivity contribution is 5.85. The monoisotopic (exact) mass is 190 g/mol. The van der Waals surface area contributed by atoms with Gasteiger partial charge < -0.3 is 10.4 Å². The lowest BCUT2D eigenvalue weighted by Gasteiger charge is -2.36. The van der Waals surface area contributed by atoms with E-state index >= 15 is 0 Å². The molecule has 1 aromatic rings. The average Bonchev–Trinajstić information content (AvgIpc) is 2.39. The van der Waals surface area contributed by atoms with Gasteiger partial charge in [-0.05, 0) is 0 Å². The van der Waals surface area contributed by atoms with E-state index in [4.69, 9.17) is 5.11 Å². The van der Waals surface area contributed by atoms with Crippen LogP contribution in [-0.4, -0.2) is 39.1 Å². The maximum Gasteiger partial charge on any atom is 0.137 e. The summed E-state index contributed by atoms with van der Waals surface area (Å²) in [4.78, 5) is 3.84. The van der Waals surface area contributed by atoms with Gasteiger partial charge in [0.1, 0.15) is 12.7 Å². The summed E-state index contributed by atoms with van der Waals surface area (Å²) in [5.74, 6) is 0. The van der Waals surface area contributed by atoms with Crippen molar-refractivity contribution in [2.45, 2.75) is 12.1 Å². The Bertz CT molecular complexity index is 225. The van der Waals surface area contributed by atoms with Crippen molar-refractivity contribution in [1.82, 2.24) is 20.1 Å². The third kappa shape index (κ3) is 1.43. The Morgan fingerprint density at radius 2 is 2.50 bits per heavy atom. The molecule has 0 bridgehead atoms. The number of halogens is 1. The van der Waals surface area contributed by atoms with Crippen molar-refractivity contribution >= 4 is 12.4 Å². The molecule has 2 atom stereocenters. The molecule has 12 heavy (non-hydrogen) atoms. The normalized spacial score (nSPS) is 27.4. The Kier molecular flexibility index (Phi) is 3.02. The second-order valence-corrected chi connectivity index (χ2v) is 2.64. The van der Waals surface area contributed by atoms with Gasteiger partial charge in [-0.25, -0.2) is 9.67 Å². The lowest BCUT2D eigenvalue weighted by atomic mass is 10.0. The Morgan fingerprint density at radius 3 is 2.92 bits per heavy atom. The first-order chi connectivity index (χ1) is 5.42. The molecular formula is C6H11ClN4O. The van der Waals surface area contributed by atoms with Crippen LogP contribution in [0.2, 0.25) is 0 Å². The molecule has 5 nitrogen and oxygen atoms in total. The van der Waals surface area contributed by atoms with Gasteiger partial charge in [-0.2, -0.15) is 5.10 Å². The Hall–Kier alpha value is -0.650. The molecule has 0 saturated carbocycles. The van der Waals surface area contributed by atoms with E-state index in [0.29, 0.717) is 0 Å². The second kappa shape index (κ2) is 3.84. The van der Waals surface area contributed by atoms with Crippen LogP contribution in [0.15, 0.2) is 12.7 Å². The van der Waals surface area contributed by atoms with Crippen LogP contribution in [-0.2, 0) is 0 Å². The van der Waals surface area contributed by atoms with Crippen molar-refractivity contribution in [2.24, 2.45) is 0 Å². The van der Waals surface area contributed by atoms with Gasteiger partial charge in [0.25, 0.3) is 0 Å². The largest absolute Gasteiger partial charge is 0.395 e. The predicted octanol–water partition coefficient (Wildman–Crippen LogP) is -0.795. The SMILES string of the molecule is Cl.OC[C@H]1NC[C@H]1n1cncn1. The molecule has 6 heteroatoms. The molecule has 0 radical (unpaired) electrons. The standard InChI is InChI=1S/C6H10N4O.ClH/c11-2-5-6(1-8-5)10-4-7-3-9-10;/h3-6,8,11H,1-2H2;1H/t5-,6-;/m1./s1. The zero-order valence-corrected chi connectivity index (χ0v) is 7.24. The number of aliphatic hydroxyl groups is 1. The predicted molar refractivity (Wildman–Crippen MR) is 45.2 cm³/mol. The summed E-state index contributed by atoms with van der Waals surface area (Å²) in [6, 6.07) is 0.430. The molecule has 68 valence electrons. The Morgan fingerprint density at radius 1 is 1.67 bits per heavy atom. The van der Waals surface area contributed by atoms with Crippen LogP contribution in [0.3, 0.4) is 0 Å². The summed E-state index contributed by atoms with van der Waals surface area (Å²) in [5, 5.41) is 15.9. The fourth-order valence-electron chi connectivity index (χ4n) is 1.24. The molecule has 1 saturated heterocycles. The molecule has 0 aliphatic carbocycles. The van der Waals surface area contributed by atoms with Crippen molar-refractivity contribution in [3.63, 3.8) is 0 Å². The van der Waals surface area contributed by atoms with Crippen LogP contribution >= 0.6 is 12.4 Å². The summed E-state index contributed by atoms with van der Waals surface area (Å²) in [6.45, 7) is 1.03. The number of nitrogens with zero attached hydrogens (tertiary/aromatic N) is 3. The molecule has 0 spiro atoms. The summed E-state index contributed by atoms with van der Waals surface area (Å²) < 4.78 is 1.78. The summed E-state index contributed by atoms with van der Waals surface area (Å²) >= 11 is 0. The van der Waals surface area contributed by atoms with Gasteiger partial charge >= 0.3 is 0 Å². The minimum atomic E-state index is 0. The van der Waals surface area contributed by atoms with Gasteiger partial charge in [0, 0.05) is 6.54 Å². The van der Waals surface area contributed by atoms with Crippen LogP contribution in [0.25, 0.3) is 0 Å². The number of hydrogen-bond donors (Lipinski definition) is 2.